The van der Waals surface area contributed by atoms with Gasteiger partial charge in [0, 0.05) is 37.2 Å². The molecule has 0 aliphatic carbocycles. The zero-order valence-corrected chi connectivity index (χ0v) is 19.9. The quantitative estimate of drug-likeness (QED) is 0.660. The second kappa shape index (κ2) is 10.7. The molecule has 178 valence electrons. The second-order valence-corrected chi connectivity index (χ2v) is 9.39. The first-order valence-electron chi connectivity index (χ1n) is 11.3. The van der Waals surface area contributed by atoms with Crippen molar-refractivity contribution in [3.8, 4) is 11.5 Å². The van der Waals surface area contributed by atoms with Crippen LogP contribution in [0.3, 0.4) is 0 Å². The number of benzene rings is 2. The van der Waals surface area contributed by atoms with Gasteiger partial charge in [0.25, 0.3) is 0 Å². The minimum atomic E-state index is -0.742. The van der Waals surface area contributed by atoms with Crippen LogP contribution in [0.4, 0.5) is 5.69 Å². The fourth-order valence-corrected chi connectivity index (χ4v) is 3.67. The SMILES string of the molecule is COc1ccc(OCC(O)CN2CCC(=O)N(CC(=O)C(C)(C)C)Cc3ccccc32)cc1. The maximum Gasteiger partial charge on any atom is 0.225 e. The van der Waals surface area contributed by atoms with E-state index in [1.54, 1.807) is 36.3 Å². The van der Waals surface area contributed by atoms with Crippen LogP contribution in [0.5, 0.6) is 11.5 Å². The number of rotatable bonds is 8. The van der Waals surface area contributed by atoms with Gasteiger partial charge in [0.05, 0.1) is 13.7 Å². The number of amides is 1. The Morgan fingerprint density at radius 2 is 1.73 bits per heavy atom. The summed E-state index contributed by atoms with van der Waals surface area (Å²) >= 11 is 0. The molecule has 1 amide bonds. The summed E-state index contributed by atoms with van der Waals surface area (Å²) in [6.07, 6.45) is -0.467. The van der Waals surface area contributed by atoms with E-state index in [2.05, 4.69) is 0 Å². The fourth-order valence-electron chi connectivity index (χ4n) is 3.67. The lowest BCUT2D eigenvalue weighted by atomic mass is 9.90. The monoisotopic (exact) mass is 454 g/mol. The van der Waals surface area contributed by atoms with Crippen molar-refractivity contribution in [3.63, 3.8) is 0 Å². The van der Waals surface area contributed by atoms with Crippen molar-refractivity contribution >= 4 is 17.4 Å². The lowest BCUT2D eigenvalue weighted by Crippen LogP contribution is -2.44. The van der Waals surface area contributed by atoms with Gasteiger partial charge in [0.1, 0.15) is 24.2 Å². The van der Waals surface area contributed by atoms with Gasteiger partial charge in [-0.15, -0.1) is 0 Å². The Hall–Kier alpha value is -3.06. The van der Waals surface area contributed by atoms with Crippen LogP contribution in [0.1, 0.15) is 32.8 Å². The summed E-state index contributed by atoms with van der Waals surface area (Å²) < 4.78 is 10.9. The highest BCUT2D eigenvalue weighted by Gasteiger charge is 2.29. The highest BCUT2D eigenvalue weighted by molar-refractivity contribution is 5.89. The van der Waals surface area contributed by atoms with Crippen LogP contribution in [-0.2, 0) is 16.1 Å². The fraction of sp³-hybridized carbons (Fsp3) is 0.462. The molecule has 0 spiro atoms. The third kappa shape index (κ3) is 6.71. The number of carbonyl (C=O) groups excluding carboxylic acids is 2. The van der Waals surface area contributed by atoms with Crippen molar-refractivity contribution in [3.05, 3.63) is 54.1 Å². The average Bonchev–Trinajstić information content (AvgIpc) is 2.79. The van der Waals surface area contributed by atoms with Crippen molar-refractivity contribution in [1.29, 1.82) is 0 Å². The number of hydrogen-bond donors (Lipinski definition) is 1. The zero-order chi connectivity index (χ0) is 24.0. The van der Waals surface area contributed by atoms with Crippen LogP contribution in [0, 0.1) is 5.41 Å². The van der Waals surface area contributed by atoms with Gasteiger partial charge in [0.2, 0.25) is 5.91 Å². The summed E-state index contributed by atoms with van der Waals surface area (Å²) in [6.45, 7) is 7.00. The molecule has 1 aliphatic rings. The Labute approximate surface area is 195 Å². The number of fused-ring (bicyclic) bond motifs is 1. The number of β-amino-alcohol motifs (C(OH)–C–C–N with tert-alkyl or cyclic N) is 1. The van der Waals surface area contributed by atoms with E-state index in [0.29, 0.717) is 25.4 Å². The lowest BCUT2D eigenvalue weighted by molar-refractivity contribution is -0.138. The Morgan fingerprint density at radius 1 is 1.06 bits per heavy atom. The maximum atomic E-state index is 12.9. The number of ether oxygens (including phenoxy) is 2. The molecule has 0 bridgehead atoms. The highest BCUT2D eigenvalue weighted by atomic mass is 16.5. The van der Waals surface area contributed by atoms with Crippen molar-refractivity contribution < 1.29 is 24.2 Å². The molecule has 1 N–H and O–H groups in total. The van der Waals surface area contributed by atoms with E-state index in [0.717, 1.165) is 17.0 Å². The minimum absolute atomic E-state index is 0.0388. The van der Waals surface area contributed by atoms with Gasteiger partial charge in [-0.25, -0.2) is 0 Å². The zero-order valence-electron chi connectivity index (χ0n) is 19.9. The molecular weight excluding hydrogens is 420 g/mol. The number of hydrogen-bond acceptors (Lipinski definition) is 6. The summed E-state index contributed by atoms with van der Waals surface area (Å²) in [5.74, 6) is 1.37. The number of methoxy groups -OCH3 is 1. The highest BCUT2D eigenvalue weighted by Crippen LogP contribution is 2.26. The number of para-hydroxylation sites is 1. The average molecular weight is 455 g/mol. The van der Waals surface area contributed by atoms with E-state index < -0.39 is 11.5 Å². The molecular formula is C26H34N2O5. The van der Waals surface area contributed by atoms with Gasteiger partial charge in [-0.1, -0.05) is 39.0 Å². The van der Waals surface area contributed by atoms with Crippen molar-refractivity contribution in [2.45, 2.75) is 39.8 Å². The Morgan fingerprint density at radius 3 is 2.39 bits per heavy atom. The number of nitrogens with zero attached hydrogens (tertiary/aromatic N) is 2. The molecule has 7 nitrogen and oxygen atoms in total. The first-order chi connectivity index (χ1) is 15.7. The molecule has 0 aromatic heterocycles. The van der Waals surface area contributed by atoms with Gasteiger partial charge in [-0.3, -0.25) is 9.59 Å². The van der Waals surface area contributed by atoms with Gasteiger partial charge in [-0.05, 0) is 35.9 Å². The van der Waals surface area contributed by atoms with Crippen LogP contribution in [0.15, 0.2) is 48.5 Å². The lowest BCUT2D eigenvalue weighted by Gasteiger charge is -2.34. The summed E-state index contributed by atoms with van der Waals surface area (Å²) in [7, 11) is 1.60. The molecule has 1 aliphatic heterocycles. The first-order valence-corrected chi connectivity index (χ1v) is 11.3. The molecule has 0 fully saturated rings. The molecule has 0 radical (unpaired) electrons. The van der Waals surface area contributed by atoms with E-state index in [-0.39, 0.29) is 31.3 Å². The number of Topliss-reactive ketones (excluding diaryl/α,β-unsaturated/α-hetero) is 1. The molecule has 33 heavy (non-hydrogen) atoms. The van der Waals surface area contributed by atoms with E-state index in [1.807, 2.05) is 49.9 Å². The molecule has 1 atom stereocenters. The first kappa shape index (κ1) is 24.6. The predicted molar refractivity (Wildman–Crippen MR) is 128 cm³/mol. The maximum absolute atomic E-state index is 12.9. The predicted octanol–water partition coefficient (Wildman–Crippen LogP) is 3.29. The van der Waals surface area contributed by atoms with Gasteiger partial charge < -0.3 is 24.4 Å². The van der Waals surface area contributed by atoms with Crippen molar-refractivity contribution in [2.24, 2.45) is 5.41 Å². The molecule has 1 heterocycles. The standard InChI is InChI=1S/C26H34N2O5/c1-26(2,3)24(30)17-28-15-19-7-5-6-8-23(19)27(14-13-25(28)31)16-20(29)18-33-22-11-9-21(32-4)10-12-22/h5-12,20,29H,13-18H2,1-4H3. The number of aliphatic hydroxyl groups excluding tert-OH is 1. The number of anilines is 1. The summed E-state index contributed by atoms with van der Waals surface area (Å²) in [5.41, 5.74) is 1.42. The smallest absolute Gasteiger partial charge is 0.225 e. The van der Waals surface area contributed by atoms with E-state index in [1.165, 1.54) is 0 Å². The third-order valence-electron chi connectivity index (χ3n) is 5.75. The number of aliphatic hydroxyl groups is 1. The Balaban J connectivity index is 1.68. The summed E-state index contributed by atoms with van der Waals surface area (Å²) in [4.78, 5) is 29.1. The minimum Gasteiger partial charge on any atom is -0.497 e. The van der Waals surface area contributed by atoms with Crippen LogP contribution in [0.25, 0.3) is 0 Å². The number of carbonyl (C=O) groups is 2. The normalized spacial score (nSPS) is 15.4. The number of ketones is 1. The molecule has 2 aromatic rings. The van der Waals surface area contributed by atoms with E-state index >= 15 is 0 Å². The van der Waals surface area contributed by atoms with Gasteiger partial charge >= 0.3 is 0 Å². The topological polar surface area (TPSA) is 79.3 Å². The summed E-state index contributed by atoms with van der Waals surface area (Å²) in [5, 5.41) is 10.6. The van der Waals surface area contributed by atoms with Crippen molar-refractivity contribution in [2.75, 3.05) is 38.3 Å². The Bertz CT molecular complexity index is 952. The largest absolute Gasteiger partial charge is 0.497 e. The molecule has 3 rings (SSSR count). The van der Waals surface area contributed by atoms with Gasteiger partial charge in [-0.2, -0.15) is 0 Å². The molecule has 0 saturated heterocycles. The molecule has 7 heteroatoms. The molecule has 0 saturated carbocycles. The van der Waals surface area contributed by atoms with Crippen LogP contribution < -0.4 is 14.4 Å². The van der Waals surface area contributed by atoms with Crippen LogP contribution in [-0.4, -0.2) is 61.2 Å². The Kier molecular flexibility index (Phi) is 7.97. The van der Waals surface area contributed by atoms with Crippen LogP contribution in [0.2, 0.25) is 0 Å². The van der Waals surface area contributed by atoms with Gasteiger partial charge in [0.15, 0.2) is 5.78 Å². The van der Waals surface area contributed by atoms with Crippen molar-refractivity contribution in [1.82, 2.24) is 4.90 Å². The molecule has 1 unspecified atom stereocenters. The summed E-state index contributed by atoms with van der Waals surface area (Å²) in [6, 6.07) is 15.0. The molecule has 2 aromatic carbocycles. The third-order valence-corrected chi connectivity index (χ3v) is 5.75. The second-order valence-electron chi connectivity index (χ2n) is 9.39. The van der Waals surface area contributed by atoms with E-state index in [4.69, 9.17) is 9.47 Å². The van der Waals surface area contributed by atoms with E-state index in [9.17, 15) is 14.7 Å². The van der Waals surface area contributed by atoms with Crippen LogP contribution >= 0.6 is 0 Å².